The van der Waals surface area contributed by atoms with Crippen LogP contribution in [-0.4, -0.2) is 34.4 Å². The zero-order chi connectivity index (χ0) is 17.0. The number of carbonyl (C=O) groups is 1. The Morgan fingerprint density at radius 3 is 2.70 bits per heavy atom. The molecule has 2 rings (SSSR count). The van der Waals surface area contributed by atoms with Crippen LogP contribution in [0.25, 0.3) is 0 Å². The Bertz CT molecular complexity index is 638. The van der Waals surface area contributed by atoms with Crippen LogP contribution in [0.5, 0.6) is 11.5 Å². The van der Waals surface area contributed by atoms with Gasteiger partial charge in [0.15, 0.2) is 0 Å². The van der Waals surface area contributed by atoms with Crippen molar-refractivity contribution < 1.29 is 24.9 Å². The maximum Gasteiger partial charge on any atom is 0.230 e. The van der Waals surface area contributed by atoms with Crippen LogP contribution in [0.2, 0.25) is 0 Å². The number of anilines is 1. The summed E-state index contributed by atoms with van der Waals surface area (Å²) in [4.78, 5) is 12.2. The number of aliphatic hydroxyl groups excluding tert-OH is 1. The number of allylic oxidation sites excluding steroid dienone is 2. The third-order valence-electron chi connectivity index (χ3n) is 3.84. The van der Waals surface area contributed by atoms with Gasteiger partial charge in [0.2, 0.25) is 5.91 Å². The molecule has 0 spiro atoms. The number of phenols is 2. The van der Waals surface area contributed by atoms with Gasteiger partial charge in [-0.1, -0.05) is 31.2 Å². The van der Waals surface area contributed by atoms with E-state index in [-0.39, 0.29) is 17.2 Å². The molecule has 6 nitrogen and oxygen atoms in total. The minimum atomic E-state index is -0.961. The largest absolute Gasteiger partial charge is 0.508 e. The number of hydrogen-bond acceptors (Lipinski definition) is 5. The molecule has 2 bridgehead atoms. The van der Waals surface area contributed by atoms with E-state index in [1.165, 1.54) is 25.3 Å². The number of benzene rings is 1. The summed E-state index contributed by atoms with van der Waals surface area (Å²) in [5.41, 5.74) is 0.460. The van der Waals surface area contributed by atoms with Gasteiger partial charge in [-0.15, -0.1) is 0 Å². The molecule has 1 aromatic rings. The van der Waals surface area contributed by atoms with E-state index < -0.39 is 24.0 Å². The van der Waals surface area contributed by atoms with Crippen molar-refractivity contribution in [2.45, 2.75) is 25.6 Å². The Hall–Kier alpha value is -2.31. The number of ether oxygens (including phenoxy) is 1. The van der Waals surface area contributed by atoms with Crippen LogP contribution < -0.4 is 5.32 Å². The molecule has 0 radical (unpaired) electrons. The van der Waals surface area contributed by atoms with Gasteiger partial charge in [-0.25, -0.2) is 0 Å². The van der Waals surface area contributed by atoms with E-state index in [4.69, 9.17) is 4.74 Å². The summed E-state index contributed by atoms with van der Waals surface area (Å²) in [7, 11) is 1.50. The molecular weight excluding hydrogens is 298 g/mol. The zero-order valence-corrected chi connectivity index (χ0v) is 13.1. The number of phenolic OH excluding ortho intramolecular Hbond substituents is 2. The van der Waals surface area contributed by atoms with Crippen molar-refractivity contribution in [2.75, 3.05) is 12.4 Å². The van der Waals surface area contributed by atoms with Gasteiger partial charge in [-0.05, 0) is 12.5 Å². The second kappa shape index (κ2) is 7.30. The van der Waals surface area contributed by atoms with Crippen molar-refractivity contribution in [2.24, 2.45) is 5.92 Å². The first-order chi connectivity index (χ1) is 10.9. The fraction of sp³-hybridized carbons (Fsp3) is 0.353. The lowest BCUT2D eigenvalue weighted by Crippen LogP contribution is -2.29. The molecule has 23 heavy (non-hydrogen) atoms. The van der Waals surface area contributed by atoms with Crippen LogP contribution in [0.4, 0.5) is 5.69 Å². The van der Waals surface area contributed by atoms with Gasteiger partial charge >= 0.3 is 0 Å². The summed E-state index contributed by atoms with van der Waals surface area (Å²) in [5.74, 6) is -1.44. The highest BCUT2D eigenvalue weighted by Gasteiger charge is 2.24. The van der Waals surface area contributed by atoms with Crippen LogP contribution in [0.15, 0.2) is 36.4 Å². The van der Waals surface area contributed by atoms with Gasteiger partial charge in [0.1, 0.15) is 11.5 Å². The summed E-state index contributed by atoms with van der Waals surface area (Å²) >= 11 is 0. The van der Waals surface area contributed by atoms with Gasteiger partial charge in [0.05, 0.1) is 23.8 Å². The fourth-order valence-corrected chi connectivity index (χ4v) is 2.36. The van der Waals surface area contributed by atoms with E-state index in [0.29, 0.717) is 12.0 Å². The standard InChI is InChI=1S/C17H21NO5/c1-10-14(20)6-4-3-5-7-15(23-2)12-8-11(19)9-13(16(12)21)18-17(10)22/h3-6,8-10,14-15,19-21H,7H2,1-2H3,(H,18,22). The minimum absolute atomic E-state index is 0.0818. The first kappa shape index (κ1) is 17.1. The monoisotopic (exact) mass is 319 g/mol. The van der Waals surface area contributed by atoms with Gasteiger partial charge in [0, 0.05) is 18.7 Å². The average Bonchev–Trinajstić information content (AvgIpc) is 2.52. The number of carbonyl (C=O) groups excluding carboxylic acids is 1. The number of nitrogens with one attached hydrogen (secondary N) is 1. The summed E-state index contributed by atoms with van der Waals surface area (Å²) < 4.78 is 5.36. The second-order valence-corrected chi connectivity index (χ2v) is 5.47. The van der Waals surface area contributed by atoms with Crippen LogP contribution in [-0.2, 0) is 9.53 Å². The molecule has 4 N–H and O–H groups in total. The molecule has 3 unspecified atom stereocenters. The number of aromatic hydroxyl groups is 2. The summed E-state index contributed by atoms with van der Waals surface area (Å²) in [5, 5.41) is 32.8. The zero-order valence-electron chi connectivity index (χ0n) is 13.1. The Balaban J connectivity index is 2.50. The Morgan fingerprint density at radius 1 is 1.26 bits per heavy atom. The first-order valence-electron chi connectivity index (χ1n) is 7.35. The van der Waals surface area contributed by atoms with Crippen molar-refractivity contribution in [1.29, 1.82) is 0 Å². The number of amides is 1. The maximum absolute atomic E-state index is 12.2. The molecule has 124 valence electrons. The molecule has 1 amide bonds. The third-order valence-corrected chi connectivity index (χ3v) is 3.84. The highest BCUT2D eigenvalue weighted by atomic mass is 16.5. The SMILES string of the molecule is COC1CC=CC=CC(O)C(C)C(=O)Nc2cc(O)cc1c2O. The second-order valence-electron chi connectivity index (χ2n) is 5.47. The summed E-state index contributed by atoms with van der Waals surface area (Å²) in [6, 6.07) is 2.66. The molecule has 0 saturated carbocycles. The quantitative estimate of drug-likeness (QED) is 0.470. The van der Waals surface area contributed by atoms with Crippen LogP contribution >= 0.6 is 0 Å². The molecule has 3 atom stereocenters. The molecule has 6 heteroatoms. The normalized spacial score (nSPS) is 25.2. The molecule has 1 aromatic carbocycles. The topological polar surface area (TPSA) is 99.0 Å². The lowest BCUT2D eigenvalue weighted by Gasteiger charge is -2.20. The fourth-order valence-electron chi connectivity index (χ4n) is 2.36. The molecule has 0 aromatic heterocycles. The number of methoxy groups -OCH3 is 1. The minimum Gasteiger partial charge on any atom is -0.508 e. The lowest BCUT2D eigenvalue weighted by molar-refractivity contribution is -0.121. The lowest BCUT2D eigenvalue weighted by atomic mass is 10.0. The Labute approximate surface area is 134 Å². The van der Waals surface area contributed by atoms with E-state index in [9.17, 15) is 20.1 Å². The Kier molecular flexibility index (Phi) is 5.41. The molecule has 1 aliphatic heterocycles. The van der Waals surface area contributed by atoms with Crippen molar-refractivity contribution in [3.05, 3.63) is 42.0 Å². The Morgan fingerprint density at radius 2 is 2.00 bits per heavy atom. The summed E-state index contributed by atoms with van der Waals surface area (Å²) in [6.07, 6.45) is 5.75. The number of aliphatic hydroxyl groups is 1. The molecular formula is C17H21NO5. The van der Waals surface area contributed by atoms with Crippen LogP contribution in [0.3, 0.4) is 0 Å². The van der Waals surface area contributed by atoms with Crippen molar-refractivity contribution in [3.8, 4) is 11.5 Å². The van der Waals surface area contributed by atoms with Crippen molar-refractivity contribution >= 4 is 11.6 Å². The maximum atomic E-state index is 12.2. The predicted octanol–water partition coefficient (Wildman–Crippen LogP) is 2.24. The molecule has 0 aliphatic carbocycles. The van der Waals surface area contributed by atoms with Crippen LogP contribution in [0, 0.1) is 5.92 Å². The molecule has 1 heterocycles. The van der Waals surface area contributed by atoms with E-state index in [0.717, 1.165) is 0 Å². The van der Waals surface area contributed by atoms with Crippen LogP contribution in [0.1, 0.15) is 25.0 Å². The first-order valence-corrected chi connectivity index (χ1v) is 7.35. The predicted molar refractivity (Wildman–Crippen MR) is 86.2 cm³/mol. The van der Waals surface area contributed by atoms with Gasteiger partial charge < -0.3 is 25.4 Å². The molecule has 1 aliphatic rings. The highest BCUT2D eigenvalue weighted by molar-refractivity contribution is 5.94. The third kappa shape index (κ3) is 3.91. The molecule has 0 fully saturated rings. The highest BCUT2D eigenvalue weighted by Crippen LogP contribution is 2.38. The van der Waals surface area contributed by atoms with E-state index in [2.05, 4.69) is 5.32 Å². The number of fused-ring (bicyclic) bond motifs is 2. The van der Waals surface area contributed by atoms with E-state index >= 15 is 0 Å². The van der Waals surface area contributed by atoms with Gasteiger partial charge in [-0.3, -0.25) is 4.79 Å². The molecule has 0 saturated heterocycles. The summed E-state index contributed by atoms with van der Waals surface area (Å²) in [6.45, 7) is 1.58. The van der Waals surface area contributed by atoms with Gasteiger partial charge in [-0.2, -0.15) is 0 Å². The van der Waals surface area contributed by atoms with Gasteiger partial charge in [0.25, 0.3) is 0 Å². The van der Waals surface area contributed by atoms with E-state index in [1.807, 2.05) is 6.08 Å². The average molecular weight is 319 g/mol. The smallest absolute Gasteiger partial charge is 0.230 e. The van der Waals surface area contributed by atoms with Crippen molar-refractivity contribution in [3.63, 3.8) is 0 Å². The van der Waals surface area contributed by atoms with E-state index in [1.54, 1.807) is 19.1 Å². The van der Waals surface area contributed by atoms with Crippen molar-refractivity contribution in [1.82, 2.24) is 0 Å². The number of hydrogen-bond donors (Lipinski definition) is 4. The number of rotatable bonds is 1.